The van der Waals surface area contributed by atoms with Gasteiger partial charge >= 0.3 is 5.97 Å². The third kappa shape index (κ3) is 5.01. The van der Waals surface area contributed by atoms with E-state index in [2.05, 4.69) is 40.8 Å². The molecule has 0 radical (unpaired) electrons. The summed E-state index contributed by atoms with van der Waals surface area (Å²) in [4.78, 5) is 15.7. The maximum atomic E-state index is 13.1. The van der Waals surface area contributed by atoms with Gasteiger partial charge < -0.3 is 9.47 Å². The van der Waals surface area contributed by atoms with E-state index in [1.165, 1.54) is 29.6 Å². The van der Waals surface area contributed by atoms with Gasteiger partial charge in [0.15, 0.2) is 0 Å². The molecule has 1 atom stereocenters. The maximum Gasteiger partial charge on any atom is 0.340 e. The first-order chi connectivity index (χ1) is 14.9. The number of carbonyl (C=O) groups is 1. The molecule has 2 aliphatic rings. The summed E-state index contributed by atoms with van der Waals surface area (Å²) in [5.74, 6) is -0.595. The van der Waals surface area contributed by atoms with Crippen LogP contribution in [-0.4, -0.2) is 52.2 Å². The van der Waals surface area contributed by atoms with E-state index < -0.39 is 16.0 Å². The van der Waals surface area contributed by atoms with Crippen molar-refractivity contribution in [3.05, 3.63) is 51.4 Å². The maximum absolute atomic E-state index is 13.1. The molecule has 2 aliphatic heterocycles. The number of nitrogens with one attached hydrogen (secondary N) is 1. The second-order valence-electron chi connectivity index (χ2n) is 8.09. The van der Waals surface area contributed by atoms with E-state index in [4.69, 9.17) is 9.47 Å². The van der Waals surface area contributed by atoms with Crippen LogP contribution in [0.5, 0.6) is 0 Å². The fourth-order valence-corrected chi connectivity index (χ4v) is 7.13. The van der Waals surface area contributed by atoms with Crippen molar-refractivity contribution in [2.75, 3.05) is 26.8 Å². The van der Waals surface area contributed by atoms with E-state index in [9.17, 15) is 13.2 Å². The number of esters is 1. The summed E-state index contributed by atoms with van der Waals surface area (Å²) < 4.78 is 39.3. The Labute approximate surface area is 187 Å². The Morgan fingerprint density at radius 3 is 2.77 bits per heavy atom. The van der Waals surface area contributed by atoms with Gasteiger partial charge in [0.25, 0.3) is 10.0 Å². The summed E-state index contributed by atoms with van der Waals surface area (Å²) in [6.07, 6.45) is 2.27. The van der Waals surface area contributed by atoms with E-state index in [0.717, 1.165) is 36.4 Å². The lowest BCUT2D eigenvalue weighted by Gasteiger charge is -2.27. The van der Waals surface area contributed by atoms with Crippen molar-refractivity contribution in [3.8, 4) is 0 Å². The molecule has 0 spiro atoms. The number of thiophene rings is 1. The molecule has 1 N–H and O–H groups in total. The Kier molecular flexibility index (Phi) is 6.78. The number of hydrogen-bond acceptors (Lipinski definition) is 7. The van der Waals surface area contributed by atoms with Crippen LogP contribution in [0.4, 0.5) is 0 Å². The number of nitrogens with zero attached hydrogens (tertiary/aromatic N) is 1. The van der Waals surface area contributed by atoms with E-state index >= 15 is 0 Å². The molecular formula is C22H28N2O5S2. The molecule has 0 amide bonds. The molecule has 168 valence electrons. The number of methoxy groups -OCH3 is 1. The number of carbonyl (C=O) groups excluding carboxylic acids is 1. The highest BCUT2D eigenvalue weighted by Gasteiger charge is 2.34. The Hall–Kier alpha value is -1.78. The van der Waals surface area contributed by atoms with Crippen LogP contribution < -0.4 is 4.72 Å². The van der Waals surface area contributed by atoms with E-state index in [1.54, 1.807) is 0 Å². The lowest BCUT2D eigenvalue weighted by Crippen LogP contribution is -2.32. The summed E-state index contributed by atoms with van der Waals surface area (Å²) in [7, 11) is -2.55. The summed E-state index contributed by atoms with van der Waals surface area (Å²) >= 11 is 1.18. The minimum atomic E-state index is -3.84. The smallest absolute Gasteiger partial charge is 0.340 e. The minimum Gasteiger partial charge on any atom is -0.465 e. The highest BCUT2D eigenvalue weighted by atomic mass is 32.2. The molecule has 7 nitrogen and oxygen atoms in total. The standard InChI is InChI=1S/C22H28N2O5S2/c1-15-5-7-16(8-6-15)13-24-10-9-18-19(14-24)30-22(20(18)21(25)28-2)31(26,27)23-12-17-4-3-11-29-17/h5-8,17,23H,3-4,9-14H2,1-2H3. The average molecular weight is 465 g/mol. The van der Waals surface area contributed by atoms with Crippen LogP contribution in [0, 0.1) is 6.92 Å². The fraction of sp³-hybridized carbons (Fsp3) is 0.500. The third-order valence-corrected chi connectivity index (χ3v) is 8.95. The van der Waals surface area contributed by atoms with Crippen LogP contribution in [0.1, 0.15) is 44.8 Å². The van der Waals surface area contributed by atoms with Gasteiger partial charge in [-0.25, -0.2) is 17.9 Å². The van der Waals surface area contributed by atoms with Crippen LogP contribution in [0.2, 0.25) is 0 Å². The van der Waals surface area contributed by atoms with E-state index in [0.29, 0.717) is 19.6 Å². The Bertz CT molecular complexity index is 1040. The van der Waals surface area contributed by atoms with Gasteiger partial charge in [0.1, 0.15) is 4.21 Å². The molecule has 0 aliphatic carbocycles. The molecule has 31 heavy (non-hydrogen) atoms. The molecule has 0 saturated carbocycles. The lowest BCUT2D eigenvalue weighted by atomic mass is 10.0. The molecule has 2 aromatic rings. The molecule has 1 unspecified atom stereocenters. The molecule has 4 rings (SSSR count). The normalized spacial score (nSPS) is 19.4. The molecule has 3 heterocycles. The quantitative estimate of drug-likeness (QED) is 0.635. The number of sulfonamides is 1. The zero-order valence-corrected chi connectivity index (χ0v) is 19.5. The van der Waals surface area contributed by atoms with Gasteiger partial charge in [0, 0.05) is 37.7 Å². The van der Waals surface area contributed by atoms with Gasteiger partial charge in [0.05, 0.1) is 18.8 Å². The predicted molar refractivity (Wildman–Crippen MR) is 119 cm³/mol. The van der Waals surface area contributed by atoms with Gasteiger partial charge in [-0.15, -0.1) is 11.3 Å². The minimum absolute atomic E-state index is 0.0551. The van der Waals surface area contributed by atoms with Crippen molar-refractivity contribution in [1.82, 2.24) is 9.62 Å². The van der Waals surface area contributed by atoms with E-state index in [-0.39, 0.29) is 22.4 Å². The zero-order valence-electron chi connectivity index (χ0n) is 17.8. The summed E-state index contributed by atoms with van der Waals surface area (Å²) in [5, 5.41) is 0. The van der Waals surface area contributed by atoms with Crippen molar-refractivity contribution < 1.29 is 22.7 Å². The number of rotatable bonds is 7. The van der Waals surface area contributed by atoms with Crippen LogP contribution in [0.15, 0.2) is 28.5 Å². The summed E-state index contributed by atoms with van der Waals surface area (Å²) in [5.41, 5.74) is 3.42. The van der Waals surface area contributed by atoms with Crippen LogP contribution in [-0.2, 0) is 39.0 Å². The predicted octanol–water partition coefficient (Wildman–Crippen LogP) is 2.86. The molecule has 1 aromatic carbocycles. The topological polar surface area (TPSA) is 84.9 Å². The average Bonchev–Trinajstić information content (AvgIpc) is 3.41. The Morgan fingerprint density at radius 2 is 2.10 bits per heavy atom. The zero-order chi connectivity index (χ0) is 22.0. The second-order valence-corrected chi connectivity index (χ2v) is 11.2. The number of fused-ring (bicyclic) bond motifs is 1. The second kappa shape index (κ2) is 9.38. The Morgan fingerprint density at radius 1 is 1.32 bits per heavy atom. The molecule has 1 fully saturated rings. The van der Waals surface area contributed by atoms with Gasteiger partial charge in [0.2, 0.25) is 0 Å². The highest BCUT2D eigenvalue weighted by molar-refractivity contribution is 7.91. The number of hydrogen-bond donors (Lipinski definition) is 1. The fourth-order valence-electron chi connectivity index (χ4n) is 4.09. The van der Waals surface area contributed by atoms with Gasteiger partial charge in [-0.05, 0) is 37.3 Å². The summed E-state index contributed by atoms with van der Waals surface area (Å²) in [6, 6.07) is 8.42. The molecule has 9 heteroatoms. The molecule has 1 saturated heterocycles. The summed E-state index contributed by atoms with van der Waals surface area (Å²) in [6.45, 7) is 5.08. The first-order valence-electron chi connectivity index (χ1n) is 10.5. The highest BCUT2D eigenvalue weighted by Crippen LogP contribution is 2.37. The van der Waals surface area contributed by atoms with E-state index in [1.807, 2.05) is 0 Å². The van der Waals surface area contributed by atoms with Gasteiger partial charge in [-0.3, -0.25) is 4.90 Å². The molecule has 1 aromatic heterocycles. The SMILES string of the molecule is COC(=O)c1c(S(=O)(=O)NCC2CCCO2)sc2c1CCN(Cc1ccc(C)cc1)C2. The van der Waals surface area contributed by atoms with Crippen molar-refractivity contribution >= 4 is 27.3 Å². The van der Waals surface area contributed by atoms with Crippen molar-refractivity contribution in [2.24, 2.45) is 0 Å². The number of aryl methyl sites for hydroxylation is 1. The number of benzene rings is 1. The first kappa shape index (κ1) is 22.4. The van der Waals surface area contributed by atoms with Crippen molar-refractivity contribution in [2.45, 2.75) is 49.6 Å². The number of ether oxygens (including phenoxy) is 2. The molecular weight excluding hydrogens is 436 g/mol. The van der Waals surface area contributed by atoms with Gasteiger partial charge in [-0.1, -0.05) is 29.8 Å². The first-order valence-corrected chi connectivity index (χ1v) is 12.8. The van der Waals surface area contributed by atoms with Crippen molar-refractivity contribution in [3.63, 3.8) is 0 Å². The van der Waals surface area contributed by atoms with Crippen LogP contribution in [0.25, 0.3) is 0 Å². The lowest BCUT2D eigenvalue weighted by molar-refractivity contribution is 0.0595. The van der Waals surface area contributed by atoms with Crippen molar-refractivity contribution in [1.29, 1.82) is 0 Å². The molecule has 0 bridgehead atoms. The van der Waals surface area contributed by atoms with Gasteiger partial charge in [-0.2, -0.15) is 0 Å². The van der Waals surface area contributed by atoms with Crippen LogP contribution in [0.3, 0.4) is 0 Å². The largest absolute Gasteiger partial charge is 0.465 e. The monoisotopic (exact) mass is 464 g/mol. The Balaban J connectivity index is 1.56. The third-order valence-electron chi connectivity index (χ3n) is 5.79. The van der Waals surface area contributed by atoms with Crippen LogP contribution >= 0.6 is 11.3 Å².